The number of hydrogen-bond acceptors (Lipinski definition) is 0. The van der Waals surface area contributed by atoms with Crippen LogP contribution in [0.1, 0.15) is 83.1 Å². The van der Waals surface area contributed by atoms with Crippen molar-refractivity contribution in [1.29, 1.82) is 0 Å². The van der Waals surface area contributed by atoms with Crippen molar-refractivity contribution >= 4 is 0 Å². The maximum absolute atomic E-state index is 13.0. The smallest absolute Gasteiger partial charge is 0.123 e. The summed E-state index contributed by atoms with van der Waals surface area (Å²) >= 11 is 0. The van der Waals surface area contributed by atoms with E-state index >= 15 is 0 Å². The molecule has 0 N–H and O–H groups in total. The van der Waals surface area contributed by atoms with Gasteiger partial charge in [0.15, 0.2) is 0 Å². The highest BCUT2D eigenvalue weighted by molar-refractivity contribution is 5.18. The van der Waals surface area contributed by atoms with E-state index in [4.69, 9.17) is 0 Å². The highest BCUT2D eigenvalue weighted by atomic mass is 19.1. The number of hydrogen-bond donors (Lipinski definition) is 0. The summed E-state index contributed by atoms with van der Waals surface area (Å²) in [6.07, 6.45) is 19.0. The highest BCUT2D eigenvalue weighted by Crippen LogP contribution is 2.41. The molecule has 2 aliphatic rings. The molecule has 1 heteroatoms. The Morgan fingerprint density at radius 3 is 2.32 bits per heavy atom. The molecule has 1 unspecified atom stereocenters. The average Bonchev–Trinajstić information content (AvgIpc) is 2.67. The molecule has 3 rings (SSSR count). The first kappa shape index (κ1) is 18.7. The Balaban J connectivity index is 1.39. The molecule has 0 nitrogen and oxygen atoms in total. The van der Waals surface area contributed by atoms with Crippen molar-refractivity contribution in [3.8, 4) is 0 Å². The van der Waals surface area contributed by atoms with E-state index in [2.05, 4.69) is 13.0 Å². The Hall–Kier alpha value is -1.11. The Labute approximate surface area is 153 Å². The van der Waals surface area contributed by atoms with Crippen LogP contribution in [0.2, 0.25) is 0 Å². The minimum absolute atomic E-state index is 0.132. The predicted octanol–water partition coefficient (Wildman–Crippen LogP) is 7.48. The van der Waals surface area contributed by atoms with E-state index in [0.29, 0.717) is 0 Å². The third-order valence-corrected chi connectivity index (χ3v) is 6.72. The normalized spacial score (nSPS) is 27.1. The molecule has 1 atom stereocenters. The van der Waals surface area contributed by atoms with Gasteiger partial charge in [0.1, 0.15) is 5.82 Å². The summed E-state index contributed by atoms with van der Waals surface area (Å²) in [7, 11) is 0. The molecule has 0 radical (unpaired) electrons. The number of unbranched alkanes of at least 4 members (excludes halogenated alkanes) is 1. The summed E-state index contributed by atoms with van der Waals surface area (Å²) in [4.78, 5) is 0. The second-order valence-electron chi connectivity index (χ2n) is 8.45. The Morgan fingerprint density at radius 1 is 0.920 bits per heavy atom. The molecule has 1 aromatic rings. The van der Waals surface area contributed by atoms with Crippen LogP contribution in [0.4, 0.5) is 4.39 Å². The van der Waals surface area contributed by atoms with Gasteiger partial charge in [0, 0.05) is 0 Å². The van der Waals surface area contributed by atoms with Crippen molar-refractivity contribution in [3.63, 3.8) is 0 Å². The minimum atomic E-state index is -0.132. The number of halogens is 1. The fourth-order valence-corrected chi connectivity index (χ4v) is 4.96. The van der Waals surface area contributed by atoms with E-state index in [9.17, 15) is 4.39 Å². The third kappa shape index (κ3) is 5.69. The van der Waals surface area contributed by atoms with E-state index in [-0.39, 0.29) is 5.82 Å². The van der Waals surface area contributed by atoms with E-state index in [1.165, 1.54) is 69.8 Å². The zero-order valence-electron chi connectivity index (χ0n) is 16.0. The number of aryl methyl sites for hydroxylation is 1. The van der Waals surface area contributed by atoms with Crippen LogP contribution in [-0.2, 0) is 6.42 Å². The summed E-state index contributed by atoms with van der Waals surface area (Å²) in [6, 6.07) is 7.02. The van der Waals surface area contributed by atoms with Gasteiger partial charge in [-0.15, -0.1) is 0 Å². The molecule has 0 aromatic heterocycles. The maximum atomic E-state index is 13.0. The molecule has 138 valence electrons. The monoisotopic (exact) mass is 342 g/mol. The summed E-state index contributed by atoms with van der Waals surface area (Å²) < 4.78 is 13.0. The van der Waals surface area contributed by atoms with Gasteiger partial charge in [0.2, 0.25) is 0 Å². The molecular formula is C24H35F. The van der Waals surface area contributed by atoms with Crippen LogP contribution in [0.3, 0.4) is 0 Å². The molecule has 0 heterocycles. The van der Waals surface area contributed by atoms with Crippen molar-refractivity contribution in [3.05, 3.63) is 47.3 Å². The minimum Gasteiger partial charge on any atom is -0.207 e. The molecule has 0 amide bonds. The van der Waals surface area contributed by atoms with Crippen LogP contribution in [-0.4, -0.2) is 0 Å². The Bertz CT molecular complexity index is 534. The predicted molar refractivity (Wildman–Crippen MR) is 105 cm³/mol. The van der Waals surface area contributed by atoms with E-state index < -0.39 is 0 Å². The molecule has 1 aromatic carbocycles. The zero-order valence-corrected chi connectivity index (χ0v) is 16.0. The largest absolute Gasteiger partial charge is 0.207 e. The SMILES string of the molecule is CCCCC1CCC(C2CC=C(CCc3ccc(F)cc3)CC2)CC1. The van der Waals surface area contributed by atoms with Crippen molar-refractivity contribution in [1.82, 2.24) is 0 Å². The Morgan fingerprint density at radius 2 is 1.68 bits per heavy atom. The molecule has 0 bridgehead atoms. The molecule has 1 fully saturated rings. The average molecular weight is 343 g/mol. The van der Waals surface area contributed by atoms with Crippen LogP contribution < -0.4 is 0 Å². The van der Waals surface area contributed by atoms with E-state index in [0.717, 1.165) is 30.6 Å². The van der Waals surface area contributed by atoms with Gasteiger partial charge in [-0.3, -0.25) is 0 Å². The summed E-state index contributed by atoms with van der Waals surface area (Å²) in [6.45, 7) is 2.31. The topological polar surface area (TPSA) is 0 Å². The van der Waals surface area contributed by atoms with E-state index in [1.54, 1.807) is 17.7 Å². The number of benzene rings is 1. The lowest BCUT2D eigenvalue weighted by Crippen LogP contribution is -2.23. The standard InChI is InChI=1S/C24H35F/c1-2-3-4-19-7-13-22(14-8-19)23-15-9-20(10-16-23)5-6-21-11-17-24(25)18-12-21/h9,11-12,17-19,22-23H,2-8,10,13-16H2,1H3. The first-order valence-corrected chi connectivity index (χ1v) is 10.7. The molecular weight excluding hydrogens is 307 g/mol. The second-order valence-corrected chi connectivity index (χ2v) is 8.45. The molecule has 0 saturated heterocycles. The summed E-state index contributed by atoms with van der Waals surface area (Å²) in [5.41, 5.74) is 2.90. The van der Waals surface area contributed by atoms with Gasteiger partial charge < -0.3 is 0 Å². The van der Waals surface area contributed by atoms with Gasteiger partial charge in [-0.1, -0.05) is 62.8 Å². The van der Waals surface area contributed by atoms with Gasteiger partial charge in [0.05, 0.1) is 0 Å². The van der Waals surface area contributed by atoms with Gasteiger partial charge in [0.25, 0.3) is 0 Å². The van der Waals surface area contributed by atoms with Gasteiger partial charge in [-0.05, 0) is 80.4 Å². The molecule has 0 aliphatic heterocycles. The van der Waals surface area contributed by atoms with Crippen LogP contribution in [0.25, 0.3) is 0 Å². The van der Waals surface area contributed by atoms with Crippen molar-refractivity contribution in [2.24, 2.45) is 17.8 Å². The molecule has 25 heavy (non-hydrogen) atoms. The van der Waals surface area contributed by atoms with Crippen molar-refractivity contribution < 1.29 is 4.39 Å². The van der Waals surface area contributed by atoms with Crippen LogP contribution in [0.15, 0.2) is 35.9 Å². The van der Waals surface area contributed by atoms with Gasteiger partial charge in [-0.2, -0.15) is 0 Å². The first-order chi connectivity index (χ1) is 12.2. The fraction of sp³-hybridized carbons (Fsp3) is 0.667. The second kappa shape index (κ2) is 9.55. The van der Waals surface area contributed by atoms with Crippen molar-refractivity contribution in [2.75, 3.05) is 0 Å². The number of allylic oxidation sites excluding steroid dienone is 2. The molecule has 2 aliphatic carbocycles. The number of rotatable bonds is 7. The van der Waals surface area contributed by atoms with Crippen LogP contribution in [0.5, 0.6) is 0 Å². The van der Waals surface area contributed by atoms with Gasteiger partial charge >= 0.3 is 0 Å². The summed E-state index contributed by atoms with van der Waals surface area (Å²) in [5, 5.41) is 0. The lowest BCUT2D eigenvalue weighted by atomic mass is 9.70. The lowest BCUT2D eigenvalue weighted by Gasteiger charge is -2.35. The van der Waals surface area contributed by atoms with Crippen molar-refractivity contribution in [2.45, 2.75) is 84.0 Å². The van der Waals surface area contributed by atoms with E-state index in [1.807, 2.05) is 12.1 Å². The third-order valence-electron chi connectivity index (χ3n) is 6.72. The van der Waals surface area contributed by atoms with Gasteiger partial charge in [-0.25, -0.2) is 4.39 Å². The fourth-order valence-electron chi connectivity index (χ4n) is 4.96. The zero-order chi connectivity index (χ0) is 17.5. The molecule has 1 saturated carbocycles. The summed E-state index contributed by atoms with van der Waals surface area (Å²) in [5.74, 6) is 2.84. The van der Waals surface area contributed by atoms with Crippen LogP contribution in [0, 0.1) is 23.6 Å². The first-order valence-electron chi connectivity index (χ1n) is 10.7. The molecule has 0 spiro atoms. The van der Waals surface area contributed by atoms with Crippen LogP contribution >= 0.6 is 0 Å². The lowest BCUT2D eigenvalue weighted by molar-refractivity contribution is 0.185. The quantitative estimate of drug-likeness (QED) is 0.450. The highest BCUT2D eigenvalue weighted by Gasteiger charge is 2.28. The maximum Gasteiger partial charge on any atom is 0.123 e. The Kier molecular flexibility index (Phi) is 7.13.